The second kappa shape index (κ2) is 4.44. The summed E-state index contributed by atoms with van der Waals surface area (Å²) in [5.41, 5.74) is -0.452. The summed E-state index contributed by atoms with van der Waals surface area (Å²) < 4.78 is 5.32. The van der Waals surface area contributed by atoms with Gasteiger partial charge < -0.3 is 14.7 Å². The van der Waals surface area contributed by atoms with Crippen molar-refractivity contribution >= 4 is 12.1 Å². The SMILES string of the molecule is CC(C)(C)OC(=O)N1C[C@@H]2C(CCC(=O)O)[C@@H]2C1. The zero-order valence-corrected chi connectivity index (χ0v) is 11.2. The Morgan fingerprint density at radius 2 is 1.83 bits per heavy atom. The first-order chi connectivity index (χ1) is 8.28. The summed E-state index contributed by atoms with van der Waals surface area (Å²) >= 11 is 0. The van der Waals surface area contributed by atoms with Crippen LogP contribution in [0, 0.1) is 17.8 Å². The molecule has 0 aromatic rings. The highest BCUT2D eigenvalue weighted by Crippen LogP contribution is 2.54. The Bertz CT molecular complexity index is 348. The van der Waals surface area contributed by atoms with Gasteiger partial charge in [-0.3, -0.25) is 4.79 Å². The number of aliphatic carboxylic acids is 1. The summed E-state index contributed by atoms with van der Waals surface area (Å²) in [6.07, 6.45) is 0.739. The molecule has 2 fully saturated rings. The third-order valence-electron chi connectivity index (χ3n) is 3.71. The van der Waals surface area contributed by atoms with Crippen LogP contribution in [-0.2, 0) is 9.53 Å². The Kier molecular flexibility index (Phi) is 3.25. The van der Waals surface area contributed by atoms with Crippen molar-refractivity contribution in [2.45, 2.75) is 39.2 Å². The maximum Gasteiger partial charge on any atom is 0.410 e. The largest absolute Gasteiger partial charge is 0.481 e. The summed E-state index contributed by atoms with van der Waals surface area (Å²) in [5.74, 6) is 0.762. The fourth-order valence-corrected chi connectivity index (χ4v) is 2.84. The van der Waals surface area contributed by atoms with Crippen LogP contribution in [0.3, 0.4) is 0 Å². The average molecular weight is 255 g/mol. The Balaban J connectivity index is 1.74. The second-order valence-corrected chi connectivity index (χ2v) is 6.31. The number of hydrogen-bond acceptors (Lipinski definition) is 3. The van der Waals surface area contributed by atoms with Gasteiger partial charge in [0.2, 0.25) is 0 Å². The zero-order chi connectivity index (χ0) is 13.5. The van der Waals surface area contributed by atoms with Gasteiger partial charge in [-0.2, -0.15) is 0 Å². The summed E-state index contributed by atoms with van der Waals surface area (Å²) in [4.78, 5) is 24.1. The van der Waals surface area contributed by atoms with Gasteiger partial charge in [-0.15, -0.1) is 0 Å². The van der Waals surface area contributed by atoms with Crippen molar-refractivity contribution in [2.75, 3.05) is 13.1 Å². The summed E-state index contributed by atoms with van der Waals surface area (Å²) in [5, 5.41) is 8.64. The maximum atomic E-state index is 11.8. The van der Waals surface area contributed by atoms with Gasteiger partial charge in [0.1, 0.15) is 5.60 Å². The first-order valence-corrected chi connectivity index (χ1v) is 6.47. The quantitative estimate of drug-likeness (QED) is 0.837. The van der Waals surface area contributed by atoms with Crippen LogP contribution in [0.4, 0.5) is 4.79 Å². The lowest BCUT2D eigenvalue weighted by atomic mass is 10.1. The molecule has 0 aromatic heterocycles. The Hall–Kier alpha value is -1.26. The highest BCUT2D eigenvalue weighted by molar-refractivity contribution is 5.69. The van der Waals surface area contributed by atoms with Crippen molar-refractivity contribution in [1.82, 2.24) is 4.90 Å². The summed E-state index contributed by atoms with van der Waals surface area (Å²) in [6, 6.07) is 0. The number of hydrogen-bond donors (Lipinski definition) is 1. The minimum absolute atomic E-state index is 0.240. The number of carboxylic acid groups (broad SMARTS) is 1. The topological polar surface area (TPSA) is 66.8 Å². The fraction of sp³-hybridized carbons (Fsp3) is 0.846. The van der Waals surface area contributed by atoms with Gasteiger partial charge >= 0.3 is 12.1 Å². The molecule has 1 unspecified atom stereocenters. The van der Waals surface area contributed by atoms with E-state index < -0.39 is 11.6 Å². The molecule has 1 saturated carbocycles. The van der Waals surface area contributed by atoms with E-state index in [-0.39, 0.29) is 12.5 Å². The minimum atomic E-state index is -0.732. The van der Waals surface area contributed by atoms with Gasteiger partial charge in [0.05, 0.1) is 0 Å². The molecule has 2 rings (SSSR count). The van der Waals surface area contributed by atoms with E-state index in [2.05, 4.69) is 0 Å². The number of amides is 1. The van der Waals surface area contributed by atoms with E-state index in [0.717, 1.165) is 19.5 Å². The van der Waals surface area contributed by atoms with Gasteiger partial charge in [0, 0.05) is 19.5 Å². The standard InChI is InChI=1S/C13H21NO4/c1-13(2,3)18-12(17)14-6-9-8(10(9)7-14)4-5-11(15)16/h8-10H,4-7H2,1-3H3,(H,15,16)/t8?,9-,10+. The lowest BCUT2D eigenvalue weighted by Crippen LogP contribution is -2.37. The van der Waals surface area contributed by atoms with Crippen LogP contribution in [0.1, 0.15) is 33.6 Å². The van der Waals surface area contributed by atoms with Crippen molar-refractivity contribution in [3.63, 3.8) is 0 Å². The second-order valence-electron chi connectivity index (χ2n) is 6.31. The molecule has 0 bridgehead atoms. The molecule has 1 saturated heterocycles. The van der Waals surface area contributed by atoms with Crippen molar-refractivity contribution in [3.8, 4) is 0 Å². The third kappa shape index (κ3) is 2.94. The third-order valence-corrected chi connectivity index (χ3v) is 3.71. The molecule has 0 aromatic carbocycles. The number of carbonyl (C=O) groups excluding carboxylic acids is 1. The van der Waals surface area contributed by atoms with Crippen LogP contribution in [0.25, 0.3) is 0 Å². The highest BCUT2D eigenvalue weighted by Gasteiger charge is 2.56. The monoisotopic (exact) mass is 255 g/mol. The molecule has 1 heterocycles. The number of rotatable bonds is 3. The van der Waals surface area contributed by atoms with Crippen LogP contribution in [-0.4, -0.2) is 40.8 Å². The molecule has 2 aliphatic rings. The van der Waals surface area contributed by atoms with E-state index in [1.807, 2.05) is 20.8 Å². The molecule has 1 aliphatic carbocycles. The fourth-order valence-electron chi connectivity index (χ4n) is 2.84. The van der Waals surface area contributed by atoms with Gasteiger partial charge in [-0.1, -0.05) is 0 Å². The van der Waals surface area contributed by atoms with Crippen LogP contribution >= 0.6 is 0 Å². The molecule has 18 heavy (non-hydrogen) atoms. The maximum absolute atomic E-state index is 11.8. The van der Waals surface area contributed by atoms with E-state index in [9.17, 15) is 9.59 Å². The lowest BCUT2D eigenvalue weighted by molar-refractivity contribution is -0.137. The van der Waals surface area contributed by atoms with Gasteiger partial charge in [0.15, 0.2) is 0 Å². The van der Waals surface area contributed by atoms with Gasteiger partial charge in [0.25, 0.3) is 0 Å². The molecule has 1 N–H and O–H groups in total. The number of likely N-dealkylation sites (tertiary alicyclic amines) is 1. The molecule has 1 amide bonds. The van der Waals surface area contributed by atoms with Crippen molar-refractivity contribution < 1.29 is 19.4 Å². The van der Waals surface area contributed by atoms with Gasteiger partial charge in [-0.05, 0) is 44.9 Å². The van der Waals surface area contributed by atoms with Gasteiger partial charge in [-0.25, -0.2) is 4.79 Å². The molecule has 5 nitrogen and oxygen atoms in total. The lowest BCUT2D eigenvalue weighted by Gasteiger charge is -2.25. The zero-order valence-electron chi connectivity index (χ0n) is 11.2. The molecule has 0 spiro atoms. The van der Waals surface area contributed by atoms with Crippen molar-refractivity contribution in [3.05, 3.63) is 0 Å². The molecule has 0 radical (unpaired) electrons. The van der Waals surface area contributed by atoms with Crippen LogP contribution in [0.2, 0.25) is 0 Å². The smallest absolute Gasteiger partial charge is 0.410 e. The molecule has 1 aliphatic heterocycles. The number of piperidine rings is 1. The first-order valence-electron chi connectivity index (χ1n) is 6.47. The van der Waals surface area contributed by atoms with Crippen LogP contribution in [0.5, 0.6) is 0 Å². The normalized spacial score (nSPS) is 29.9. The Labute approximate surface area is 107 Å². The van der Waals surface area contributed by atoms with Crippen molar-refractivity contribution in [2.24, 2.45) is 17.8 Å². The predicted molar refractivity (Wildman–Crippen MR) is 65.1 cm³/mol. The number of ether oxygens (including phenoxy) is 1. The Morgan fingerprint density at radius 3 is 2.28 bits per heavy atom. The van der Waals surface area contributed by atoms with E-state index in [1.54, 1.807) is 4.90 Å². The highest BCUT2D eigenvalue weighted by atomic mass is 16.6. The number of fused-ring (bicyclic) bond motifs is 1. The van der Waals surface area contributed by atoms with E-state index >= 15 is 0 Å². The van der Waals surface area contributed by atoms with Crippen molar-refractivity contribution in [1.29, 1.82) is 0 Å². The molecule has 5 heteroatoms. The summed E-state index contributed by atoms with van der Waals surface area (Å²) in [6.45, 7) is 7.03. The predicted octanol–water partition coefficient (Wildman–Crippen LogP) is 1.96. The number of nitrogens with zero attached hydrogens (tertiary/aromatic N) is 1. The first kappa shape index (κ1) is 13.2. The Morgan fingerprint density at radius 1 is 1.28 bits per heavy atom. The molecular weight excluding hydrogens is 234 g/mol. The number of carbonyl (C=O) groups is 2. The minimum Gasteiger partial charge on any atom is -0.481 e. The molecule has 3 atom stereocenters. The van der Waals surface area contributed by atoms with E-state index in [4.69, 9.17) is 9.84 Å². The number of carboxylic acids is 1. The summed E-state index contributed by atoms with van der Waals surface area (Å²) in [7, 11) is 0. The molecule has 102 valence electrons. The van der Waals surface area contributed by atoms with E-state index in [1.165, 1.54) is 0 Å². The average Bonchev–Trinajstić information content (AvgIpc) is 2.67. The molecular formula is C13H21NO4. The van der Waals surface area contributed by atoms with E-state index in [0.29, 0.717) is 17.8 Å². The van der Waals surface area contributed by atoms with Crippen LogP contribution < -0.4 is 0 Å². The van der Waals surface area contributed by atoms with Crippen LogP contribution in [0.15, 0.2) is 0 Å².